The number of hydrogen-bond donors (Lipinski definition) is 3. The van der Waals surface area contributed by atoms with Crippen LogP contribution in [-0.4, -0.2) is 33.7 Å². The number of furan rings is 1. The first-order valence-electron chi connectivity index (χ1n) is 9.29. The molecule has 0 spiro atoms. The van der Waals surface area contributed by atoms with Crippen molar-refractivity contribution in [2.75, 3.05) is 6.61 Å². The number of aliphatic hydroxyl groups excluding tert-OH is 2. The minimum absolute atomic E-state index is 0.0117. The van der Waals surface area contributed by atoms with Gasteiger partial charge < -0.3 is 24.7 Å². The SMILES string of the molecule is O=C(NC(CO)C(O)c1ccc([N+](=O)[O-])cc1)c1ccc(COc2cccc(Cl)c2Cl)o1. The Kier molecular flexibility index (Phi) is 7.70. The number of amides is 1. The van der Waals surface area contributed by atoms with Crippen molar-refractivity contribution in [3.05, 3.63) is 91.8 Å². The number of nitro groups is 1. The van der Waals surface area contributed by atoms with Gasteiger partial charge in [0, 0.05) is 12.1 Å². The van der Waals surface area contributed by atoms with Crippen molar-refractivity contribution in [2.24, 2.45) is 0 Å². The maximum atomic E-state index is 12.5. The van der Waals surface area contributed by atoms with E-state index in [1.54, 1.807) is 18.2 Å². The Labute approximate surface area is 192 Å². The smallest absolute Gasteiger partial charge is 0.287 e. The van der Waals surface area contributed by atoms with E-state index in [9.17, 15) is 25.1 Å². The summed E-state index contributed by atoms with van der Waals surface area (Å²) in [6.07, 6.45) is -1.30. The molecular formula is C21H18Cl2N2O7. The van der Waals surface area contributed by atoms with E-state index in [1.165, 1.54) is 36.4 Å². The highest BCUT2D eigenvalue weighted by Crippen LogP contribution is 2.32. The third kappa shape index (κ3) is 5.57. The van der Waals surface area contributed by atoms with Crippen LogP contribution in [0.15, 0.2) is 59.0 Å². The zero-order chi connectivity index (χ0) is 23.3. The van der Waals surface area contributed by atoms with E-state index in [2.05, 4.69) is 5.32 Å². The van der Waals surface area contributed by atoms with Crippen LogP contribution in [0.1, 0.15) is 28.0 Å². The van der Waals surface area contributed by atoms with E-state index in [0.29, 0.717) is 22.1 Å². The maximum absolute atomic E-state index is 12.5. The summed E-state index contributed by atoms with van der Waals surface area (Å²) < 4.78 is 11.0. The highest BCUT2D eigenvalue weighted by Gasteiger charge is 2.24. The first kappa shape index (κ1) is 23.6. The van der Waals surface area contributed by atoms with Gasteiger partial charge in [0.05, 0.1) is 22.6 Å². The quantitative estimate of drug-likeness (QED) is 0.312. The second kappa shape index (κ2) is 10.5. The highest BCUT2D eigenvalue weighted by atomic mass is 35.5. The van der Waals surface area contributed by atoms with E-state index in [0.717, 1.165) is 0 Å². The Morgan fingerprint density at radius 2 is 1.88 bits per heavy atom. The molecule has 0 aliphatic rings. The van der Waals surface area contributed by atoms with Gasteiger partial charge in [-0.05, 0) is 42.0 Å². The number of hydrogen-bond acceptors (Lipinski definition) is 7. The van der Waals surface area contributed by atoms with Gasteiger partial charge >= 0.3 is 0 Å². The molecule has 1 amide bonds. The lowest BCUT2D eigenvalue weighted by Crippen LogP contribution is -2.41. The van der Waals surface area contributed by atoms with Crippen LogP contribution in [-0.2, 0) is 6.61 Å². The van der Waals surface area contributed by atoms with Gasteiger partial charge in [-0.2, -0.15) is 0 Å². The zero-order valence-electron chi connectivity index (χ0n) is 16.4. The standard InChI is InChI=1S/C21H18Cl2N2O7/c22-15-2-1-3-17(19(15)23)31-11-14-8-9-18(32-14)21(28)24-16(10-26)20(27)12-4-6-13(7-5-12)25(29)30/h1-9,16,20,26-27H,10-11H2,(H,24,28). The Hall–Kier alpha value is -3.11. The van der Waals surface area contributed by atoms with Crippen molar-refractivity contribution in [1.82, 2.24) is 5.32 Å². The molecule has 0 aliphatic heterocycles. The molecule has 1 heterocycles. The molecule has 9 nitrogen and oxygen atoms in total. The number of aliphatic hydroxyl groups is 2. The van der Waals surface area contributed by atoms with E-state index in [4.69, 9.17) is 32.4 Å². The summed E-state index contributed by atoms with van der Waals surface area (Å²) in [5.41, 5.74) is 0.150. The molecule has 2 atom stereocenters. The number of nitro benzene ring substituents is 1. The Balaban J connectivity index is 1.62. The molecule has 0 bridgehead atoms. The molecule has 3 N–H and O–H groups in total. The molecule has 3 aromatic rings. The Bertz CT molecular complexity index is 1100. The molecule has 11 heteroatoms. The normalized spacial score (nSPS) is 12.8. The predicted molar refractivity (Wildman–Crippen MR) is 116 cm³/mol. The van der Waals surface area contributed by atoms with Crippen LogP contribution in [0.5, 0.6) is 5.75 Å². The highest BCUT2D eigenvalue weighted by molar-refractivity contribution is 6.42. The van der Waals surface area contributed by atoms with Crippen molar-refractivity contribution in [3.8, 4) is 5.75 Å². The van der Waals surface area contributed by atoms with E-state index >= 15 is 0 Å². The molecule has 1 aromatic heterocycles. The van der Waals surface area contributed by atoms with Crippen molar-refractivity contribution >= 4 is 34.8 Å². The molecule has 3 rings (SSSR count). The third-order valence-electron chi connectivity index (χ3n) is 4.51. The Morgan fingerprint density at radius 3 is 2.53 bits per heavy atom. The average Bonchev–Trinajstić information content (AvgIpc) is 3.27. The van der Waals surface area contributed by atoms with Crippen LogP contribution in [0.3, 0.4) is 0 Å². The van der Waals surface area contributed by atoms with Gasteiger partial charge in [-0.1, -0.05) is 29.3 Å². The first-order valence-corrected chi connectivity index (χ1v) is 10.1. The van der Waals surface area contributed by atoms with Crippen LogP contribution in [0.2, 0.25) is 10.0 Å². The summed E-state index contributed by atoms with van der Waals surface area (Å²) in [4.78, 5) is 22.7. The third-order valence-corrected chi connectivity index (χ3v) is 5.31. The van der Waals surface area contributed by atoms with Crippen LogP contribution in [0.4, 0.5) is 5.69 Å². The van der Waals surface area contributed by atoms with E-state index in [-0.39, 0.29) is 23.1 Å². The number of nitrogens with one attached hydrogen (secondary N) is 1. The number of ether oxygens (including phenoxy) is 1. The fraction of sp³-hybridized carbons (Fsp3) is 0.190. The number of carbonyl (C=O) groups is 1. The van der Waals surface area contributed by atoms with Crippen LogP contribution >= 0.6 is 23.2 Å². The van der Waals surface area contributed by atoms with E-state index in [1.807, 2.05) is 0 Å². The Morgan fingerprint density at radius 1 is 1.16 bits per heavy atom. The second-order valence-electron chi connectivity index (χ2n) is 6.66. The number of rotatable bonds is 9. The minimum Gasteiger partial charge on any atom is -0.484 e. The van der Waals surface area contributed by atoms with Crippen LogP contribution < -0.4 is 10.1 Å². The van der Waals surface area contributed by atoms with Gasteiger partial charge in [-0.25, -0.2) is 0 Å². The predicted octanol–water partition coefficient (Wildman–Crippen LogP) is 3.90. The lowest BCUT2D eigenvalue weighted by atomic mass is 10.0. The molecule has 0 radical (unpaired) electrons. The van der Waals surface area contributed by atoms with Gasteiger partial charge in [0.1, 0.15) is 29.2 Å². The monoisotopic (exact) mass is 480 g/mol. The molecular weight excluding hydrogens is 463 g/mol. The topological polar surface area (TPSA) is 135 Å². The summed E-state index contributed by atoms with van der Waals surface area (Å²) >= 11 is 12.0. The summed E-state index contributed by atoms with van der Waals surface area (Å²) in [5, 5.41) is 33.9. The van der Waals surface area contributed by atoms with Crippen molar-refractivity contribution < 1.29 is 29.1 Å². The molecule has 32 heavy (non-hydrogen) atoms. The lowest BCUT2D eigenvalue weighted by molar-refractivity contribution is -0.384. The second-order valence-corrected chi connectivity index (χ2v) is 7.45. The van der Waals surface area contributed by atoms with Gasteiger partial charge in [-0.3, -0.25) is 14.9 Å². The summed E-state index contributed by atoms with van der Waals surface area (Å²) in [6, 6.07) is 12.0. The van der Waals surface area contributed by atoms with Crippen LogP contribution in [0, 0.1) is 10.1 Å². The average molecular weight is 481 g/mol. The number of nitrogens with zero attached hydrogens (tertiary/aromatic N) is 1. The van der Waals surface area contributed by atoms with Gasteiger partial charge in [0.25, 0.3) is 11.6 Å². The van der Waals surface area contributed by atoms with Gasteiger partial charge in [-0.15, -0.1) is 0 Å². The lowest BCUT2D eigenvalue weighted by Gasteiger charge is -2.22. The van der Waals surface area contributed by atoms with Gasteiger partial charge in [0.2, 0.25) is 0 Å². The molecule has 2 aromatic carbocycles. The molecule has 2 unspecified atom stereocenters. The molecule has 0 aliphatic carbocycles. The largest absolute Gasteiger partial charge is 0.484 e. The fourth-order valence-electron chi connectivity index (χ4n) is 2.81. The molecule has 168 valence electrons. The fourth-order valence-corrected chi connectivity index (χ4v) is 3.16. The zero-order valence-corrected chi connectivity index (χ0v) is 17.9. The van der Waals surface area contributed by atoms with Gasteiger partial charge in [0.15, 0.2) is 5.76 Å². The summed E-state index contributed by atoms with van der Waals surface area (Å²) in [5.74, 6) is -0.0389. The molecule has 0 fully saturated rings. The molecule has 0 saturated heterocycles. The minimum atomic E-state index is -1.30. The van der Waals surface area contributed by atoms with E-state index < -0.39 is 29.6 Å². The summed E-state index contributed by atoms with van der Waals surface area (Å²) in [7, 11) is 0. The van der Waals surface area contributed by atoms with Crippen LogP contribution in [0.25, 0.3) is 0 Å². The van der Waals surface area contributed by atoms with Crippen molar-refractivity contribution in [3.63, 3.8) is 0 Å². The molecule has 0 saturated carbocycles. The summed E-state index contributed by atoms with van der Waals surface area (Å²) in [6.45, 7) is -0.587. The number of halogens is 2. The van der Waals surface area contributed by atoms with Crippen molar-refractivity contribution in [2.45, 2.75) is 18.8 Å². The first-order chi connectivity index (χ1) is 15.3. The number of benzene rings is 2. The van der Waals surface area contributed by atoms with Crippen molar-refractivity contribution in [1.29, 1.82) is 0 Å². The number of non-ortho nitro benzene ring substituents is 1. The maximum Gasteiger partial charge on any atom is 0.287 e. The number of carbonyl (C=O) groups excluding carboxylic acids is 1.